The van der Waals surface area contributed by atoms with Crippen molar-refractivity contribution in [1.82, 2.24) is 0 Å². The van der Waals surface area contributed by atoms with Gasteiger partial charge in [0.2, 0.25) is 0 Å². The van der Waals surface area contributed by atoms with Crippen LogP contribution in [-0.2, 0) is 12.8 Å². The van der Waals surface area contributed by atoms with Gasteiger partial charge in [0.15, 0.2) is 5.78 Å². The van der Waals surface area contributed by atoms with Gasteiger partial charge in [0, 0.05) is 5.56 Å². The molecule has 0 saturated heterocycles. The maximum absolute atomic E-state index is 11.3. The predicted octanol–water partition coefficient (Wildman–Crippen LogP) is 3.79. The average molecular weight is 216 g/mol. The second kappa shape index (κ2) is 4.04. The zero-order valence-corrected chi connectivity index (χ0v) is 10.5. The summed E-state index contributed by atoms with van der Waals surface area (Å²) < 4.78 is 0. The third-order valence-corrected chi connectivity index (χ3v) is 3.76. The van der Waals surface area contributed by atoms with Crippen LogP contribution in [0.5, 0.6) is 0 Å². The van der Waals surface area contributed by atoms with Crippen LogP contribution < -0.4 is 0 Å². The van der Waals surface area contributed by atoms with Crippen molar-refractivity contribution in [3.05, 3.63) is 34.9 Å². The molecule has 0 atom stereocenters. The number of hydrogen-bond donors (Lipinski definition) is 0. The highest BCUT2D eigenvalue weighted by Gasteiger charge is 2.22. The van der Waals surface area contributed by atoms with Crippen LogP contribution in [0.4, 0.5) is 0 Å². The quantitative estimate of drug-likeness (QED) is 0.515. The highest BCUT2D eigenvalue weighted by Crippen LogP contribution is 2.33. The fourth-order valence-electron chi connectivity index (χ4n) is 2.39. The third-order valence-electron chi connectivity index (χ3n) is 3.76. The lowest BCUT2D eigenvalue weighted by atomic mass is 9.85. The Hall–Kier alpha value is -1.11. The molecule has 0 saturated carbocycles. The summed E-state index contributed by atoms with van der Waals surface area (Å²) in [6.07, 6.45) is 4.74. The fourth-order valence-corrected chi connectivity index (χ4v) is 2.39. The van der Waals surface area contributed by atoms with E-state index in [2.05, 4.69) is 26.0 Å². The Labute approximate surface area is 97.9 Å². The van der Waals surface area contributed by atoms with Gasteiger partial charge < -0.3 is 0 Å². The van der Waals surface area contributed by atoms with Crippen molar-refractivity contribution >= 4 is 5.78 Å². The predicted molar refractivity (Wildman–Crippen MR) is 66.9 cm³/mol. The van der Waals surface area contributed by atoms with Crippen molar-refractivity contribution < 1.29 is 4.79 Å². The summed E-state index contributed by atoms with van der Waals surface area (Å²) in [7, 11) is 0. The van der Waals surface area contributed by atoms with E-state index in [1.54, 1.807) is 6.92 Å². The SMILES string of the molecule is CC(=O)c1ccc2c(c1)CCC(C)(C)CC2. The first-order chi connectivity index (χ1) is 7.48. The van der Waals surface area contributed by atoms with Gasteiger partial charge in [-0.2, -0.15) is 0 Å². The minimum Gasteiger partial charge on any atom is -0.295 e. The van der Waals surface area contributed by atoms with Crippen LogP contribution in [0.25, 0.3) is 0 Å². The third kappa shape index (κ3) is 2.34. The Morgan fingerprint density at radius 1 is 1.12 bits per heavy atom. The lowest BCUT2D eigenvalue weighted by Crippen LogP contribution is -2.10. The normalized spacial score (nSPS) is 18.7. The van der Waals surface area contributed by atoms with Crippen molar-refractivity contribution in [3.8, 4) is 0 Å². The summed E-state index contributed by atoms with van der Waals surface area (Å²) in [5.74, 6) is 0.173. The van der Waals surface area contributed by atoms with Gasteiger partial charge >= 0.3 is 0 Å². The standard InChI is InChI=1S/C15H20O/c1-11(16)13-5-4-12-6-8-15(2,3)9-7-14(12)10-13/h4-5,10H,6-9H2,1-3H3. The van der Waals surface area contributed by atoms with Gasteiger partial charge in [0.1, 0.15) is 0 Å². The number of carbonyl (C=O) groups excluding carboxylic acids is 1. The van der Waals surface area contributed by atoms with E-state index in [0.29, 0.717) is 5.41 Å². The first-order valence-electron chi connectivity index (χ1n) is 6.11. The van der Waals surface area contributed by atoms with Crippen LogP contribution >= 0.6 is 0 Å². The summed E-state index contributed by atoms with van der Waals surface area (Å²) in [5, 5.41) is 0. The van der Waals surface area contributed by atoms with Crippen LogP contribution in [0.3, 0.4) is 0 Å². The molecule has 1 aliphatic rings. The average Bonchev–Trinajstić information content (AvgIpc) is 2.38. The second-order valence-electron chi connectivity index (χ2n) is 5.70. The van der Waals surface area contributed by atoms with E-state index in [4.69, 9.17) is 0 Å². The Bertz CT molecular complexity index is 415. The molecular weight excluding hydrogens is 196 g/mol. The molecular formula is C15H20O. The van der Waals surface area contributed by atoms with Crippen LogP contribution in [0.1, 0.15) is 55.1 Å². The van der Waals surface area contributed by atoms with Gasteiger partial charge in [-0.05, 0) is 55.2 Å². The molecule has 86 valence electrons. The summed E-state index contributed by atoms with van der Waals surface area (Å²) in [4.78, 5) is 11.3. The van der Waals surface area contributed by atoms with E-state index in [0.717, 1.165) is 18.4 Å². The van der Waals surface area contributed by atoms with Gasteiger partial charge in [-0.15, -0.1) is 0 Å². The van der Waals surface area contributed by atoms with E-state index in [9.17, 15) is 4.79 Å². The fraction of sp³-hybridized carbons (Fsp3) is 0.533. The molecule has 1 aromatic rings. The lowest BCUT2D eigenvalue weighted by molar-refractivity contribution is 0.101. The molecule has 1 heteroatoms. The Morgan fingerprint density at radius 2 is 1.75 bits per heavy atom. The van der Waals surface area contributed by atoms with E-state index in [-0.39, 0.29) is 5.78 Å². The summed E-state index contributed by atoms with van der Waals surface area (Å²) in [6, 6.07) is 6.21. The minimum atomic E-state index is 0.173. The number of ketones is 1. The van der Waals surface area contributed by atoms with Crippen LogP contribution in [0.2, 0.25) is 0 Å². The molecule has 0 spiro atoms. The summed E-state index contributed by atoms with van der Waals surface area (Å²) in [5.41, 5.74) is 4.13. The van der Waals surface area contributed by atoms with E-state index in [1.165, 1.54) is 24.0 Å². The van der Waals surface area contributed by atoms with E-state index in [1.807, 2.05) is 6.07 Å². The summed E-state index contributed by atoms with van der Waals surface area (Å²) in [6.45, 7) is 6.32. The Kier molecular flexibility index (Phi) is 2.88. The van der Waals surface area contributed by atoms with Crippen LogP contribution in [0, 0.1) is 5.41 Å². The smallest absolute Gasteiger partial charge is 0.159 e. The molecule has 0 unspecified atom stereocenters. The van der Waals surface area contributed by atoms with E-state index >= 15 is 0 Å². The van der Waals surface area contributed by atoms with Gasteiger partial charge in [0.25, 0.3) is 0 Å². The molecule has 0 amide bonds. The zero-order chi connectivity index (χ0) is 11.8. The molecule has 0 aliphatic heterocycles. The van der Waals surface area contributed by atoms with Gasteiger partial charge in [-0.3, -0.25) is 4.79 Å². The molecule has 2 rings (SSSR count). The molecule has 0 bridgehead atoms. The highest BCUT2D eigenvalue weighted by atomic mass is 16.1. The Morgan fingerprint density at radius 3 is 2.38 bits per heavy atom. The first-order valence-corrected chi connectivity index (χ1v) is 6.11. The number of rotatable bonds is 1. The molecule has 0 N–H and O–H groups in total. The van der Waals surface area contributed by atoms with Gasteiger partial charge in [-0.1, -0.05) is 26.0 Å². The van der Waals surface area contributed by atoms with Crippen LogP contribution in [0.15, 0.2) is 18.2 Å². The summed E-state index contributed by atoms with van der Waals surface area (Å²) >= 11 is 0. The zero-order valence-electron chi connectivity index (χ0n) is 10.5. The van der Waals surface area contributed by atoms with Crippen molar-refractivity contribution in [2.45, 2.75) is 46.5 Å². The topological polar surface area (TPSA) is 17.1 Å². The minimum absolute atomic E-state index is 0.173. The number of fused-ring (bicyclic) bond motifs is 1. The monoisotopic (exact) mass is 216 g/mol. The highest BCUT2D eigenvalue weighted by molar-refractivity contribution is 5.94. The number of Topliss-reactive ketones (excluding diaryl/α,β-unsaturated/α-hetero) is 1. The number of aryl methyl sites for hydroxylation is 2. The number of hydrogen-bond acceptors (Lipinski definition) is 1. The molecule has 0 heterocycles. The molecule has 0 fully saturated rings. The lowest BCUT2D eigenvalue weighted by Gasteiger charge is -2.21. The molecule has 1 aromatic carbocycles. The molecule has 0 radical (unpaired) electrons. The first kappa shape index (κ1) is 11.4. The molecule has 1 nitrogen and oxygen atoms in total. The van der Waals surface area contributed by atoms with Gasteiger partial charge in [0.05, 0.1) is 0 Å². The van der Waals surface area contributed by atoms with Crippen molar-refractivity contribution in [1.29, 1.82) is 0 Å². The largest absolute Gasteiger partial charge is 0.295 e. The van der Waals surface area contributed by atoms with Crippen molar-refractivity contribution in [3.63, 3.8) is 0 Å². The Balaban J connectivity index is 2.32. The second-order valence-corrected chi connectivity index (χ2v) is 5.70. The molecule has 16 heavy (non-hydrogen) atoms. The van der Waals surface area contributed by atoms with Gasteiger partial charge in [-0.25, -0.2) is 0 Å². The maximum atomic E-state index is 11.3. The van der Waals surface area contributed by atoms with E-state index < -0.39 is 0 Å². The number of carbonyl (C=O) groups is 1. The molecule has 1 aliphatic carbocycles. The maximum Gasteiger partial charge on any atom is 0.159 e. The van der Waals surface area contributed by atoms with Crippen molar-refractivity contribution in [2.75, 3.05) is 0 Å². The van der Waals surface area contributed by atoms with Crippen LogP contribution in [-0.4, -0.2) is 5.78 Å². The molecule has 0 aromatic heterocycles. The van der Waals surface area contributed by atoms with Crippen molar-refractivity contribution in [2.24, 2.45) is 5.41 Å². The number of benzene rings is 1.